The molecule has 0 bridgehead atoms. The van der Waals surface area contributed by atoms with Crippen molar-refractivity contribution in [1.29, 1.82) is 0 Å². The van der Waals surface area contributed by atoms with Gasteiger partial charge in [0.2, 0.25) is 0 Å². The van der Waals surface area contributed by atoms with Gasteiger partial charge in [-0.25, -0.2) is 0 Å². The minimum atomic E-state index is -0.130. The molecule has 0 spiro atoms. The van der Waals surface area contributed by atoms with Crippen molar-refractivity contribution in [2.24, 2.45) is 17.8 Å². The van der Waals surface area contributed by atoms with Crippen molar-refractivity contribution in [3.05, 3.63) is 344 Å². The molecule has 0 radical (unpaired) electrons. The zero-order chi connectivity index (χ0) is 68.9. The van der Waals surface area contributed by atoms with Crippen molar-refractivity contribution in [1.82, 2.24) is 14.7 Å². The van der Waals surface area contributed by atoms with Gasteiger partial charge in [-0.15, -0.1) is 0 Å². The lowest BCUT2D eigenvalue weighted by molar-refractivity contribution is 0.0266. The van der Waals surface area contributed by atoms with Crippen LogP contribution in [0.2, 0.25) is 15.1 Å². The molecule has 0 N–H and O–H groups in total. The summed E-state index contributed by atoms with van der Waals surface area (Å²) in [6, 6.07) is 94.3. The van der Waals surface area contributed by atoms with E-state index >= 15 is 0 Å². The van der Waals surface area contributed by atoms with Gasteiger partial charge in [-0.3, -0.25) is 0 Å². The minimum absolute atomic E-state index is 0.00373. The minimum Gasteiger partial charge on any atom is -0.497 e. The summed E-state index contributed by atoms with van der Waals surface area (Å²) in [4.78, 5) is 7.80. The fourth-order valence-corrected chi connectivity index (χ4v) is 14.5. The molecule has 0 saturated carbocycles. The van der Waals surface area contributed by atoms with E-state index in [1.54, 1.807) is 14.2 Å². The van der Waals surface area contributed by atoms with E-state index in [4.69, 9.17) is 58.5 Å². The predicted octanol–water partition coefficient (Wildman–Crippen LogP) is 20.8. The Morgan fingerprint density at radius 2 is 0.620 bits per heavy atom. The Morgan fingerprint density at radius 3 is 0.940 bits per heavy atom. The zero-order valence-corrected chi connectivity index (χ0v) is 60.4. The molecule has 8 nitrogen and oxygen atoms in total. The first-order chi connectivity index (χ1) is 49.2. The van der Waals surface area contributed by atoms with Gasteiger partial charge in [0, 0.05) is 53.7 Å². The Hall–Kier alpha value is -7.57. The van der Waals surface area contributed by atoms with E-state index in [0.29, 0.717) is 23.7 Å². The van der Waals surface area contributed by atoms with Crippen LogP contribution in [0.4, 0.5) is 0 Å². The number of ether oxygens (including phenoxy) is 5. The molecule has 0 aromatic heterocycles. The molecule has 3 aliphatic heterocycles. The molecule has 100 heavy (non-hydrogen) atoms. The monoisotopic (exact) mass is 1390 g/mol. The number of likely N-dealkylation sites (tertiary alicyclic amines) is 3. The molecule has 10 aromatic carbocycles. The van der Waals surface area contributed by atoms with Crippen molar-refractivity contribution in [3.63, 3.8) is 0 Å². The Morgan fingerprint density at radius 1 is 0.320 bits per heavy atom. The number of piperidine rings is 3. The van der Waals surface area contributed by atoms with Crippen LogP contribution >= 0.6 is 34.8 Å². The van der Waals surface area contributed by atoms with Crippen LogP contribution in [-0.4, -0.2) is 108 Å². The van der Waals surface area contributed by atoms with Crippen LogP contribution in [0.5, 0.6) is 11.5 Å². The maximum absolute atomic E-state index is 6.59. The molecule has 3 aliphatic rings. The first kappa shape index (κ1) is 73.6. The number of rotatable bonds is 27. The molecule has 3 unspecified atom stereocenters. The lowest BCUT2D eigenvalue weighted by Gasteiger charge is -2.35. The molecule has 0 amide bonds. The highest BCUT2D eigenvalue weighted by Crippen LogP contribution is 2.35. The van der Waals surface area contributed by atoms with Crippen LogP contribution < -0.4 is 9.47 Å². The van der Waals surface area contributed by atoms with E-state index in [9.17, 15) is 0 Å². The molecule has 3 saturated heterocycles. The zero-order valence-electron chi connectivity index (χ0n) is 58.2. The summed E-state index contributed by atoms with van der Waals surface area (Å²) in [6.45, 7) is 12.3. The van der Waals surface area contributed by atoms with Crippen molar-refractivity contribution in [3.8, 4) is 11.5 Å². The molecule has 10 aromatic rings. The summed E-state index contributed by atoms with van der Waals surface area (Å²) in [5.74, 6) is 3.91. The summed E-state index contributed by atoms with van der Waals surface area (Å²) in [6.07, 6.45) is 9.16. The molecule has 3 fully saturated rings. The van der Waals surface area contributed by atoms with Gasteiger partial charge in [-0.05, 0) is 212 Å². The largest absolute Gasteiger partial charge is 0.497 e. The third-order valence-electron chi connectivity index (χ3n) is 19.8. The van der Waals surface area contributed by atoms with E-state index in [1.807, 2.05) is 91.0 Å². The normalized spacial score (nSPS) is 16.5. The van der Waals surface area contributed by atoms with Crippen molar-refractivity contribution < 1.29 is 23.7 Å². The van der Waals surface area contributed by atoms with Crippen LogP contribution in [0.15, 0.2) is 273 Å². The molecule has 3 heterocycles. The topological polar surface area (TPSA) is 55.9 Å². The number of benzene rings is 10. The van der Waals surface area contributed by atoms with E-state index in [2.05, 4.69) is 197 Å². The molecule has 13 rings (SSSR count). The summed E-state index contributed by atoms with van der Waals surface area (Å²) >= 11 is 18.3. The van der Waals surface area contributed by atoms with Gasteiger partial charge in [0.15, 0.2) is 0 Å². The van der Waals surface area contributed by atoms with Gasteiger partial charge >= 0.3 is 0 Å². The summed E-state index contributed by atoms with van der Waals surface area (Å²) < 4.78 is 30.2. The van der Waals surface area contributed by atoms with Gasteiger partial charge in [-0.2, -0.15) is 0 Å². The van der Waals surface area contributed by atoms with E-state index in [0.717, 1.165) is 128 Å². The average Bonchev–Trinajstić information content (AvgIpc) is 0.878. The highest BCUT2D eigenvalue weighted by molar-refractivity contribution is 6.31. The third-order valence-corrected chi connectivity index (χ3v) is 20.6. The lowest BCUT2D eigenvalue weighted by Crippen LogP contribution is -2.38. The van der Waals surface area contributed by atoms with Crippen LogP contribution in [-0.2, 0) is 27.1 Å². The smallest absolute Gasteiger partial charge is 0.118 e. The predicted molar refractivity (Wildman–Crippen MR) is 413 cm³/mol. The summed E-state index contributed by atoms with van der Waals surface area (Å²) in [7, 11) is 3.41. The second kappa shape index (κ2) is 39.6. The van der Waals surface area contributed by atoms with Gasteiger partial charge in [0.25, 0.3) is 0 Å². The number of hydrogen-bond donors (Lipinski definition) is 0. The van der Waals surface area contributed by atoms with Gasteiger partial charge in [0.1, 0.15) is 29.8 Å². The van der Waals surface area contributed by atoms with Crippen LogP contribution in [0.3, 0.4) is 0 Å². The van der Waals surface area contributed by atoms with Crippen LogP contribution in [0.1, 0.15) is 118 Å². The molecular weight excluding hydrogens is 1300 g/mol. The van der Waals surface area contributed by atoms with E-state index in [-0.39, 0.29) is 18.3 Å². The van der Waals surface area contributed by atoms with Crippen molar-refractivity contribution in [2.45, 2.75) is 75.6 Å². The molecule has 0 aliphatic carbocycles. The lowest BCUT2D eigenvalue weighted by atomic mass is 9.89. The Balaban J connectivity index is 0.000000151. The number of nitrogens with zero attached hydrogens (tertiary/aromatic N) is 3. The maximum atomic E-state index is 6.59. The third kappa shape index (κ3) is 23.0. The first-order valence-corrected chi connectivity index (χ1v) is 37.1. The fourth-order valence-electron chi connectivity index (χ4n) is 14.2. The average molecular weight is 1400 g/mol. The number of halogens is 3. The SMILES string of the molecule is COc1ccc(CCN2CCCC(COC(c3ccc(Cl)cc3)c3ccc(Cl)cc3)C2)cc1.COc1ccc(CCN2CCCC(COC(c3ccccc3)c3ccc(Cl)cc3)C2)cc1.c1ccc(C(CN2CCC(COC(c3ccccc3)c3ccccc3)CC2)c2ccccc2)cc1. The first-order valence-electron chi connectivity index (χ1n) is 36.0. The number of hydrogen-bond acceptors (Lipinski definition) is 8. The van der Waals surface area contributed by atoms with Crippen LogP contribution in [0, 0.1) is 17.8 Å². The Labute approximate surface area is 610 Å². The molecule has 11 heteroatoms. The highest BCUT2D eigenvalue weighted by Gasteiger charge is 2.28. The number of methoxy groups -OCH3 is 2. The van der Waals surface area contributed by atoms with E-state index in [1.165, 1.54) is 84.0 Å². The summed E-state index contributed by atoms with van der Waals surface area (Å²) in [5.41, 5.74) is 12.5. The van der Waals surface area contributed by atoms with Gasteiger partial charge < -0.3 is 38.4 Å². The molecule has 520 valence electrons. The van der Waals surface area contributed by atoms with Gasteiger partial charge in [0.05, 0.1) is 34.0 Å². The maximum Gasteiger partial charge on any atom is 0.118 e. The Bertz CT molecular complexity index is 3750. The van der Waals surface area contributed by atoms with E-state index < -0.39 is 0 Å². The highest BCUT2D eigenvalue weighted by atomic mass is 35.5. The van der Waals surface area contributed by atoms with Crippen molar-refractivity contribution >= 4 is 34.8 Å². The van der Waals surface area contributed by atoms with Gasteiger partial charge in [-0.1, -0.05) is 247 Å². The van der Waals surface area contributed by atoms with Crippen molar-refractivity contribution in [2.75, 3.05) is 92.9 Å². The standard InChI is InChI=1S/C33H35NO.C28H31Cl2NO2.C28H32ClNO2/c1-5-13-28(14-6-1)32(29-15-7-2-8-16-29)25-34-23-21-27(22-24-34)26-35-33(30-17-9-3-10-18-30)31-19-11-4-12-20-31;1-32-27-14-4-21(5-15-27)16-18-31-17-2-3-22(19-31)20-33-28(23-6-10-25(29)11-7-23)24-8-12-26(30)13-9-24;1-31-27-15-9-22(10-16-27)17-19-30-18-5-6-23(20-30)21-32-28(24-7-3-2-4-8-24)25-11-13-26(29)14-12-25/h1-20,27,32-33H,21-26H2;4-15,22,28H,2-3,16-20H2,1H3;2-4,7-16,23,28H,5-6,17-21H2,1H3. The second-order valence-corrected chi connectivity index (χ2v) is 28.3. The second-order valence-electron chi connectivity index (χ2n) is 27.0. The fraction of sp³-hybridized carbons (Fsp3) is 0.326. The molecule has 3 atom stereocenters. The molecular formula is C89H98Cl3N3O5. The van der Waals surface area contributed by atoms with Crippen LogP contribution in [0.25, 0.3) is 0 Å². The Kier molecular flexibility index (Phi) is 29.2. The summed E-state index contributed by atoms with van der Waals surface area (Å²) in [5, 5.41) is 2.21. The quantitative estimate of drug-likeness (QED) is 0.0505.